The number of fused-ring (bicyclic) bond motifs is 1. The van der Waals surface area contributed by atoms with Gasteiger partial charge in [-0.25, -0.2) is 0 Å². The average molecular weight is 357 g/mol. The zero-order valence-electron chi connectivity index (χ0n) is 16.5. The van der Waals surface area contributed by atoms with Crippen LogP contribution in [0, 0.1) is 0 Å². The molecule has 1 saturated heterocycles. The summed E-state index contributed by atoms with van der Waals surface area (Å²) >= 11 is 0. The molecular formula is C22H32N2O2. The van der Waals surface area contributed by atoms with Gasteiger partial charge < -0.3 is 9.47 Å². The number of hydrogen-bond donors (Lipinski definition) is 0. The van der Waals surface area contributed by atoms with Gasteiger partial charge >= 0.3 is 0 Å². The molecule has 0 radical (unpaired) electrons. The van der Waals surface area contributed by atoms with Gasteiger partial charge in [0.25, 0.3) is 0 Å². The number of ether oxygens (including phenoxy) is 2. The van der Waals surface area contributed by atoms with Crippen LogP contribution in [0.2, 0.25) is 0 Å². The average Bonchev–Trinajstić information content (AvgIpc) is 3.08. The van der Waals surface area contributed by atoms with Crippen LogP contribution in [-0.4, -0.2) is 49.3 Å². The largest absolute Gasteiger partial charge is 0.454 e. The SMILES string of the molecule is CC(C)=CCC/C(C)=C/CN1CCN(Cc2ccc3c(c2)OCO3)CC1. The molecule has 4 nitrogen and oxygen atoms in total. The van der Waals surface area contributed by atoms with Crippen molar-refractivity contribution in [3.63, 3.8) is 0 Å². The molecule has 3 rings (SSSR count). The van der Waals surface area contributed by atoms with Crippen LogP contribution in [0.4, 0.5) is 0 Å². The molecule has 0 N–H and O–H groups in total. The van der Waals surface area contributed by atoms with Crippen molar-refractivity contribution < 1.29 is 9.47 Å². The first kappa shape index (κ1) is 19.0. The van der Waals surface area contributed by atoms with Crippen molar-refractivity contribution in [3.05, 3.63) is 47.1 Å². The Morgan fingerprint density at radius 3 is 2.46 bits per heavy atom. The maximum atomic E-state index is 5.48. The molecule has 2 heterocycles. The number of hydrogen-bond acceptors (Lipinski definition) is 4. The zero-order valence-corrected chi connectivity index (χ0v) is 16.5. The molecule has 0 unspecified atom stereocenters. The second-order valence-corrected chi connectivity index (χ2v) is 7.63. The Hall–Kier alpha value is -1.78. The minimum absolute atomic E-state index is 0.346. The summed E-state index contributed by atoms with van der Waals surface area (Å²) in [6.07, 6.45) is 7.07. The van der Waals surface area contributed by atoms with Crippen LogP contribution in [0.1, 0.15) is 39.2 Å². The summed E-state index contributed by atoms with van der Waals surface area (Å²) in [5.74, 6) is 1.75. The molecular weight excluding hydrogens is 324 g/mol. The van der Waals surface area contributed by atoms with Crippen molar-refractivity contribution in [3.8, 4) is 11.5 Å². The summed E-state index contributed by atoms with van der Waals surface area (Å²) < 4.78 is 10.9. The van der Waals surface area contributed by atoms with Crippen LogP contribution < -0.4 is 9.47 Å². The minimum atomic E-state index is 0.346. The fourth-order valence-electron chi connectivity index (χ4n) is 3.40. The highest BCUT2D eigenvalue weighted by atomic mass is 16.7. The first-order valence-corrected chi connectivity index (χ1v) is 9.72. The Morgan fingerprint density at radius 2 is 1.69 bits per heavy atom. The molecule has 0 spiro atoms. The van der Waals surface area contributed by atoms with E-state index in [9.17, 15) is 0 Å². The lowest BCUT2D eigenvalue weighted by Gasteiger charge is -2.34. The zero-order chi connectivity index (χ0) is 18.4. The monoisotopic (exact) mass is 356 g/mol. The van der Waals surface area contributed by atoms with Gasteiger partial charge in [0.15, 0.2) is 11.5 Å². The summed E-state index contributed by atoms with van der Waals surface area (Å²) in [7, 11) is 0. The predicted octanol–water partition coefficient (Wildman–Crippen LogP) is 4.23. The fourth-order valence-corrected chi connectivity index (χ4v) is 3.40. The van der Waals surface area contributed by atoms with E-state index in [0.717, 1.165) is 57.2 Å². The Balaban J connectivity index is 1.39. The van der Waals surface area contributed by atoms with Gasteiger partial charge in [0.1, 0.15) is 0 Å². The Morgan fingerprint density at radius 1 is 0.962 bits per heavy atom. The minimum Gasteiger partial charge on any atom is -0.454 e. The van der Waals surface area contributed by atoms with Crippen LogP contribution in [0.5, 0.6) is 11.5 Å². The molecule has 1 aromatic carbocycles. The molecule has 0 bridgehead atoms. The number of rotatable bonds is 7. The predicted molar refractivity (Wildman–Crippen MR) is 107 cm³/mol. The van der Waals surface area contributed by atoms with E-state index in [0.29, 0.717) is 6.79 Å². The summed E-state index contributed by atoms with van der Waals surface area (Å²) in [5.41, 5.74) is 4.22. The van der Waals surface area contributed by atoms with Crippen LogP contribution in [0.15, 0.2) is 41.5 Å². The second-order valence-electron chi connectivity index (χ2n) is 7.63. The maximum absolute atomic E-state index is 5.48. The summed E-state index contributed by atoms with van der Waals surface area (Å²) in [6.45, 7) is 13.5. The van der Waals surface area contributed by atoms with Crippen molar-refractivity contribution in [1.29, 1.82) is 0 Å². The maximum Gasteiger partial charge on any atom is 0.231 e. The van der Waals surface area contributed by atoms with E-state index in [1.165, 1.54) is 23.1 Å². The van der Waals surface area contributed by atoms with E-state index in [2.05, 4.69) is 54.9 Å². The topological polar surface area (TPSA) is 24.9 Å². The van der Waals surface area contributed by atoms with E-state index >= 15 is 0 Å². The number of benzene rings is 1. The number of allylic oxidation sites excluding steroid dienone is 3. The molecule has 26 heavy (non-hydrogen) atoms. The smallest absolute Gasteiger partial charge is 0.231 e. The molecule has 0 saturated carbocycles. The van der Waals surface area contributed by atoms with Crippen molar-refractivity contribution in [2.75, 3.05) is 39.5 Å². The van der Waals surface area contributed by atoms with Crippen LogP contribution in [0.25, 0.3) is 0 Å². The first-order chi connectivity index (χ1) is 12.6. The molecule has 1 aromatic rings. The van der Waals surface area contributed by atoms with Gasteiger partial charge in [-0.2, -0.15) is 0 Å². The third-order valence-corrected chi connectivity index (χ3v) is 5.10. The number of nitrogens with zero attached hydrogens (tertiary/aromatic N) is 2. The standard InChI is InChI=1S/C22H32N2O2/c1-18(2)5-4-6-19(3)9-10-23-11-13-24(14-12-23)16-20-7-8-21-22(15-20)26-17-25-21/h5,7-9,15H,4,6,10-14,16-17H2,1-3H3/b19-9+. The first-order valence-electron chi connectivity index (χ1n) is 9.72. The lowest BCUT2D eigenvalue weighted by atomic mass is 10.1. The third-order valence-electron chi connectivity index (χ3n) is 5.10. The third kappa shape index (κ3) is 5.61. The van der Waals surface area contributed by atoms with E-state index < -0.39 is 0 Å². The van der Waals surface area contributed by atoms with Crippen molar-refractivity contribution in [2.24, 2.45) is 0 Å². The van der Waals surface area contributed by atoms with Gasteiger partial charge in [-0.15, -0.1) is 0 Å². The lowest BCUT2D eigenvalue weighted by molar-refractivity contribution is 0.136. The van der Waals surface area contributed by atoms with Crippen LogP contribution in [-0.2, 0) is 6.54 Å². The van der Waals surface area contributed by atoms with Gasteiger partial charge in [-0.3, -0.25) is 9.80 Å². The van der Waals surface area contributed by atoms with Crippen molar-refractivity contribution >= 4 is 0 Å². The summed E-state index contributed by atoms with van der Waals surface area (Å²) in [4.78, 5) is 5.08. The van der Waals surface area contributed by atoms with E-state index in [-0.39, 0.29) is 0 Å². The summed E-state index contributed by atoms with van der Waals surface area (Å²) in [5, 5.41) is 0. The number of piperazine rings is 1. The highest BCUT2D eigenvalue weighted by molar-refractivity contribution is 5.44. The van der Waals surface area contributed by atoms with Crippen LogP contribution >= 0.6 is 0 Å². The highest BCUT2D eigenvalue weighted by Crippen LogP contribution is 2.32. The van der Waals surface area contributed by atoms with Crippen LogP contribution in [0.3, 0.4) is 0 Å². The molecule has 0 aromatic heterocycles. The second kappa shape index (κ2) is 9.24. The molecule has 0 atom stereocenters. The van der Waals surface area contributed by atoms with E-state index in [4.69, 9.17) is 9.47 Å². The highest BCUT2D eigenvalue weighted by Gasteiger charge is 2.18. The summed E-state index contributed by atoms with van der Waals surface area (Å²) in [6, 6.07) is 6.29. The Labute approximate surface area is 158 Å². The van der Waals surface area contributed by atoms with Gasteiger partial charge in [0.2, 0.25) is 6.79 Å². The fraction of sp³-hybridized carbons (Fsp3) is 0.545. The van der Waals surface area contributed by atoms with E-state index in [1.54, 1.807) is 0 Å². The van der Waals surface area contributed by atoms with Gasteiger partial charge in [-0.05, 0) is 51.3 Å². The van der Waals surface area contributed by atoms with Gasteiger partial charge in [0, 0.05) is 39.3 Å². The molecule has 142 valence electrons. The van der Waals surface area contributed by atoms with E-state index in [1.807, 2.05) is 6.07 Å². The molecule has 0 amide bonds. The molecule has 2 aliphatic rings. The Bertz CT molecular complexity index is 654. The lowest BCUT2D eigenvalue weighted by Crippen LogP contribution is -2.45. The van der Waals surface area contributed by atoms with Gasteiger partial charge in [0.05, 0.1) is 0 Å². The molecule has 2 aliphatic heterocycles. The molecule has 0 aliphatic carbocycles. The quantitative estimate of drug-likeness (QED) is 0.683. The van der Waals surface area contributed by atoms with Crippen molar-refractivity contribution in [1.82, 2.24) is 9.80 Å². The Kier molecular flexibility index (Phi) is 6.75. The molecule has 1 fully saturated rings. The van der Waals surface area contributed by atoms with Crippen molar-refractivity contribution in [2.45, 2.75) is 40.2 Å². The molecule has 4 heteroatoms. The normalized spacial score (nSPS) is 18.2. The van der Waals surface area contributed by atoms with Gasteiger partial charge in [-0.1, -0.05) is 29.4 Å².